The molecule has 0 bridgehead atoms. The van der Waals surface area contributed by atoms with Crippen molar-refractivity contribution in [1.82, 2.24) is 5.32 Å². The van der Waals surface area contributed by atoms with Gasteiger partial charge in [-0.1, -0.05) is 0 Å². The Morgan fingerprint density at radius 1 is 0.838 bits per heavy atom. The smallest absolute Gasteiger partial charge is 0.130 e. The van der Waals surface area contributed by atoms with E-state index in [2.05, 4.69) is 38.3 Å². The van der Waals surface area contributed by atoms with Gasteiger partial charge in [-0.3, -0.25) is 4.99 Å². The normalized spacial score (nSPS) is 16.8. The first-order chi connectivity index (χ1) is 18.1. The van der Waals surface area contributed by atoms with E-state index in [-0.39, 0.29) is 0 Å². The van der Waals surface area contributed by atoms with Gasteiger partial charge in [0.15, 0.2) is 0 Å². The maximum absolute atomic E-state index is 8.76. The van der Waals surface area contributed by atoms with Gasteiger partial charge in [-0.15, -0.1) is 0 Å². The standard InChI is InChI=1S/C13H18N4O.C11H13N3O.C2H8N2/c14-12-9-10(17-5-7-18-8-6-17)1-2-11(12)13-15-3-4-16-13;12-8-9-1-2-10(7-11(9)13)14-3-5-15-6-4-14;3-1-2-4/h1-2,9H,3-8,14H2,(H,15,16);1-2,7H,3-6,13H2;1-4H2. The Balaban J connectivity index is 0.000000182. The van der Waals surface area contributed by atoms with Gasteiger partial charge in [0.25, 0.3) is 0 Å². The zero-order valence-electron chi connectivity index (χ0n) is 21.4. The third-order valence-electron chi connectivity index (χ3n) is 6.04. The van der Waals surface area contributed by atoms with Crippen molar-refractivity contribution in [2.75, 3.05) is 100 Å². The average molecular weight is 510 g/mol. The van der Waals surface area contributed by atoms with Gasteiger partial charge in [-0.25, -0.2) is 0 Å². The summed E-state index contributed by atoms with van der Waals surface area (Å²) in [4.78, 5) is 8.91. The van der Waals surface area contributed by atoms with Gasteiger partial charge in [-0.2, -0.15) is 5.26 Å². The molecule has 3 heterocycles. The van der Waals surface area contributed by atoms with Crippen LogP contribution in [0.4, 0.5) is 22.7 Å². The van der Waals surface area contributed by atoms with E-state index in [9.17, 15) is 0 Å². The molecule has 0 spiro atoms. The van der Waals surface area contributed by atoms with Gasteiger partial charge in [0.1, 0.15) is 11.9 Å². The molecule has 2 aromatic carbocycles. The second-order valence-electron chi connectivity index (χ2n) is 8.59. The predicted octanol–water partition coefficient (Wildman–Crippen LogP) is 0.336. The van der Waals surface area contributed by atoms with Crippen LogP contribution in [0.3, 0.4) is 0 Å². The first kappa shape index (κ1) is 28.0. The number of aliphatic imine (C=N–C) groups is 1. The number of nitrogen functional groups attached to an aromatic ring is 2. The largest absolute Gasteiger partial charge is 0.398 e. The number of hydrogen-bond acceptors (Lipinski definition) is 11. The topological polar surface area (TPSA) is 177 Å². The highest BCUT2D eigenvalue weighted by molar-refractivity contribution is 6.04. The van der Waals surface area contributed by atoms with Crippen LogP contribution in [0.1, 0.15) is 11.1 Å². The summed E-state index contributed by atoms with van der Waals surface area (Å²) in [6, 6.07) is 13.8. The van der Waals surface area contributed by atoms with E-state index in [1.807, 2.05) is 18.2 Å². The minimum Gasteiger partial charge on any atom is -0.398 e. The highest BCUT2D eigenvalue weighted by atomic mass is 16.5. The molecular formula is C26H39N9O2. The summed E-state index contributed by atoms with van der Waals surface area (Å²) in [7, 11) is 0. The molecule has 3 aliphatic heterocycles. The van der Waals surface area contributed by atoms with E-state index in [0.717, 1.165) is 94.2 Å². The molecule has 0 aromatic heterocycles. The van der Waals surface area contributed by atoms with E-state index in [1.165, 1.54) is 0 Å². The van der Waals surface area contributed by atoms with Crippen LogP contribution in [0.25, 0.3) is 0 Å². The van der Waals surface area contributed by atoms with Gasteiger partial charge in [0.2, 0.25) is 0 Å². The molecule has 2 saturated heterocycles. The van der Waals surface area contributed by atoms with E-state index in [0.29, 0.717) is 24.3 Å². The summed E-state index contributed by atoms with van der Waals surface area (Å²) in [5.74, 6) is 0.918. The van der Waals surface area contributed by atoms with Crippen LogP contribution >= 0.6 is 0 Å². The predicted molar refractivity (Wildman–Crippen MR) is 150 cm³/mol. The van der Waals surface area contributed by atoms with Gasteiger partial charge < -0.3 is 47.5 Å². The number of nitrogens with zero attached hydrogens (tertiary/aromatic N) is 4. The summed E-state index contributed by atoms with van der Waals surface area (Å²) >= 11 is 0. The number of amidine groups is 1. The number of hydrogen-bond donors (Lipinski definition) is 5. The van der Waals surface area contributed by atoms with E-state index < -0.39 is 0 Å². The lowest BCUT2D eigenvalue weighted by molar-refractivity contribution is 0.122. The molecule has 0 aliphatic carbocycles. The van der Waals surface area contributed by atoms with Crippen LogP contribution in [0.15, 0.2) is 41.4 Å². The van der Waals surface area contributed by atoms with Crippen molar-refractivity contribution in [3.63, 3.8) is 0 Å². The number of benzene rings is 2. The third kappa shape index (κ3) is 8.23. The number of morpholine rings is 2. The fourth-order valence-corrected chi connectivity index (χ4v) is 4.03. The Hall–Kier alpha value is -3.56. The number of ether oxygens (including phenoxy) is 2. The Bertz CT molecular complexity index is 1060. The highest BCUT2D eigenvalue weighted by Crippen LogP contribution is 2.23. The van der Waals surface area contributed by atoms with Crippen molar-refractivity contribution in [3.05, 3.63) is 47.5 Å². The Morgan fingerprint density at radius 3 is 1.81 bits per heavy atom. The lowest BCUT2D eigenvalue weighted by Crippen LogP contribution is -2.36. The Morgan fingerprint density at radius 2 is 1.38 bits per heavy atom. The van der Waals surface area contributed by atoms with Crippen molar-refractivity contribution in [2.24, 2.45) is 16.5 Å². The number of nitrogens with two attached hydrogens (primary N) is 4. The van der Waals surface area contributed by atoms with Crippen molar-refractivity contribution in [1.29, 1.82) is 5.26 Å². The molecule has 0 atom stereocenters. The second-order valence-corrected chi connectivity index (χ2v) is 8.59. The molecule has 0 amide bonds. The molecule has 0 unspecified atom stereocenters. The van der Waals surface area contributed by atoms with Crippen LogP contribution in [0.5, 0.6) is 0 Å². The molecule has 11 nitrogen and oxygen atoms in total. The number of nitrogens with one attached hydrogen (secondary N) is 1. The SMILES string of the molecule is N#Cc1ccc(N2CCOCC2)cc1N.NCCN.Nc1cc(N2CCOCC2)ccc1C1=NCCN1. The minimum atomic E-state index is 0.534. The fraction of sp³-hybridized carbons (Fsp3) is 0.462. The summed E-state index contributed by atoms with van der Waals surface area (Å²) in [5.41, 5.74) is 26.8. The third-order valence-corrected chi connectivity index (χ3v) is 6.04. The molecule has 0 radical (unpaired) electrons. The molecule has 2 fully saturated rings. The van der Waals surface area contributed by atoms with Crippen LogP contribution in [0, 0.1) is 11.3 Å². The van der Waals surface area contributed by atoms with Crippen LogP contribution in [-0.4, -0.2) is 84.6 Å². The molecule has 5 rings (SSSR count). The number of rotatable bonds is 4. The zero-order valence-corrected chi connectivity index (χ0v) is 21.4. The molecule has 37 heavy (non-hydrogen) atoms. The summed E-state index contributed by atoms with van der Waals surface area (Å²) in [6.07, 6.45) is 0. The molecule has 3 aliphatic rings. The van der Waals surface area contributed by atoms with E-state index in [4.69, 9.17) is 37.7 Å². The summed E-state index contributed by atoms with van der Waals surface area (Å²) in [5, 5.41) is 12.0. The van der Waals surface area contributed by atoms with Gasteiger partial charge in [0, 0.05) is 68.4 Å². The average Bonchev–Trinajstić information content (AvgIpc) is 3.49. The molecular weight excluding hydrogens is 470 g/mol. The Kier molecular flexibility index (Phi) is 11.3. The second kappa shape index (κ2) is 14.9. The lowest BCUT2D eigenvalue weighted by Gasteiger charge is -2.29. The highest BCUT2D eigenvalue weighted by Gasteiger charge is 2.15. The minimum absolute atomic E-state index is 0.534. The molecule has 11 heteroatoms. The monoisotopic (exact) mass is 509 g/mol. The summed E-state index contributed by atoms with van der Waals surface area (Å²) in [6.45, 7) is 9.62. The van der Waals surface area contributed by atoms with Crippen molar-refractivity contribution < 1.29 is 9.47 Å². The molecule has 200 valence electrons. The fourth-order valence-electron chi connectivity index (χ4n) is 4.03. The molecule has 9 N–H and O–H groups in total. The van der Waals surface area contributed by atoms with Gasteiger partial charge in [0.05, 0.1) is 44.2 Å². The molecule has 2 aromatic rings. The first-order valence-corrected chi connectivity index (χ1v) is 12.6. The number of anilines is 4. The van der Waals surface area contributed by atoms with Gasteiger partial charge >= 0.3 is 0 Å². The van der Waals surface area contributed by atoms with Crippen LogP contribution < -0.4 is 38.1 Å². The maximum Gasteiger partial charge on any atom is 0.130 e. The van der Waals surface area contributed by atoms with Crippen LogP contribution in [-0.2, 0) is 9.47 Å². The quantitative estimate of drug-likeness (QED) is 0.361. The van der Waals surface area contributed by atoms with Crippen molar-refractivity contribution in [3.8, 4) is 6.07 Å². The van der Waals surface area contributed by atoms with E-state index in [1.54, 1.807) is 6.07 Å². The maximum atomic E-state index is 8.76. The molecule has 0 saturated carbocycles. The van der Waals surface area contributed by atoms with Crippen molar-refractivity contribution in [2.45, 2.75) is 0 Å². The summed E-state index contributed by atoms with van der Waals surface area (Å²) < 4.78 is 10.6. The van der Waals surface area contributed by atoms with Gasteiger partial charge in [-0.05, 0) is 36.4 Å². The van der Waals surface area contributed by atoms with Crippen molar-refractivity contribution >= 4 is 28.6 Å². The Labute approximate surface area is 219 Å². The van der Waals surface area contributed by atoms with E-state index >= 15 is 0 Å². The number of nitriles is 1. The zero-order chi connectivity index (χ0) is 26.5. The van der Waals surface area contributed by atoms with Crippen LogP contribution in [0.2, 0.25) is 0 Å². The lowest BCUT2D eigenvalue weighted by atomic mass is 10.1. The first-order valence-electron chi connectivity index (χ1n) is 12.6.